The maximum Gasteiger partial charge on any atom is 1.00 e. The van der Waals surface area contributed by atoms with Gasteiger partial charge in [-0.15, -0.1) is 0 Å². The average molecular weight is 1340 g/mol. The topological polar surface area (TPSA) is 220 Å². The zero-order valence-corrected chi connectivity index (χ0v) is 59.7. The Morgan fingerprint density at radius 2 is 0.698 bits per heavy atom. The second kappa shape index (κ2) is 29.4. The quantitative estimate of drug-likeness (QED) is 0.0629. The molecule has 4 saturated heterocycles. The average Bonchev–Trinajstić information content (AvgIpc) is 2.47. The Bertz CT molecular complexity index is 2850. The molecule has 4 saturated carbocycles. The summed E-state index contributed by atoms with van der Waals surface area (Å²) in [6.45, 7) is 27.2. The summed E-state index contributed by atoms with van der Waals surface area (Å²) in [5.41, 5.74) is 6.48. The molecule has 4 heterocycles. The molecule has 10 atom stereocenters. The number of esters is 4. The number of rotatable bonds is 10. The summed E-state index contributed by atoms with van der Waals surface area (Å²) in [5, 5.41) is 0. The smallest absolute Gasteiger partial charge is 1.00 e. The number of hydrogen-bond donors (Lipinski definition) is 0. The van der Waals surface area contributed by atoms with E-state index in [0.29, 0.717) is 37.5 Å². The third kappa shape index (κ3) is 20.4. The molecule has 20 heteroatoms. The van der Waals surface area contributed by atoms with Crippen molar-refractivity contribution in [2.75, 3.05) is 24.0 Å². The van der Waals surface area contributed by atoms with E-state index >= 15 is 0 Å². The van der Waals surface area contributed by atoms with Gasteiger partial charge in [0, 0.05) is 11.8 Å². The fraction of sp³-hybridized carbons (Fsp3) is 0.576. The van der Waals surface area contributed by atoms with Crippen molar-refractivity contribution >= 4 is 65.9 Å². The maximum atomic E-state index is 11.8. The minimum atomic E-state index is -4.65. The molecule has 12 rings (SSSR count). The standard InChI is InChI=1S/2C21H29S.2C12H16O7S.BrH.Na/c2*1-20(2,3)16-8-12-18(13-9-16)22(7)19-14-10-17(11-15-19)21(4,5)6;2*13-10(5-20(15,16)17)19-11-7-1-6-2-8(4-7)12(14)18-9(11)3-6;;/h2*8-15H,1-7H3;2*6-9,11H,1-5H2,(H,15,16,17);1H;/q2*+1;;;;+1/p-3. The van der Waals surface area contributed by atoms with E-state index in [-0.39, 0.29) is 126 Å². The molecule has 0 aromatic heterocycles. The maximum absolute atomic E-state index is 11.8. The van der Waals surface area contributed by atoms with Crippen LogP contribution < -0.4 is 46.5 Å². The van der Waals surface area contributed by atoms with Crippen LogP contribution in [0.15, 0.2) is 117 Å². The van der Waals surface area contributed by atoms with Crippen LogP contribution in [0.25, 0.3) is 0 Å². The minimum Gasteiger partial charge on any atom is -1.00 e. The normalized spacial score (nSPS) is 24.8. The van der Waals surface area contributed by atoms with Crippen molar-refractivity contribution in [1.82, 2.24) is 0 Å². The van der Waals surface area contributed by atoms with Gasteiger partial charge in [0.25, 0.3) is 0 Å². The Balaban J connectivity index is 0.000000208. The molecule has 14 nitrogen and oxygen atoms in total. The van der Waals surface area contributed by atoms with Gasteiger partial charge in [0.2, 0.25) is 0 Å². The molecule has 8 fully saturated rings. The second-order valence-corrected chi connectivity index (χ2v) is 34.6. The van der Waals surface area contributed by atoms with Crippen molar-refractivity contribution in [3.8, 4) is 0 Å². The van der Waals surface area contributed by atoms with Gasteiger partial charge in [-0.2, -0.15) is 0 Å². The monoisotopic (exact) mass is 1330 g/mol. The molecule has 8 bridgehead atoms. The Morgan fingerprint density at radius 3 is 0.919 bits per heavy atom. The number of carbonyl (C=O) groups excluding carboxylic acids is 4. The Morgan fingerprint density at radius 1 is 0.453 bits per heavy atom. The summed E-state index contributed by atoms with van der Waals surface area (Å²) in [5.74, 6) is -4.44. The van der Waals surface area contributed by atoms with Gasteiger partial charge >= 0.3 is 53.4 Å². The molecule has 468 valence electrons. The van der Waals surface area contributed by atoms with Gasteiger partial charge in [0.15, 0.2) is 19.6 Å². The van der Waals surface area contributed by atoms with E-state index in [9.17, 15) is 45.1 Å². The molecule has 4 aliphatic carbocycles. The first-order chi connectivity index (χ1) is 38.8. The first-order valence-electron chi connectivity index (χ1n) is 29.2. The fourth-order valence-corrected chi connectivity index (χ4v) is 15.9. The van der Waals surface area contributed by atoms with E-state index < -0.39 is 68.1 Å². The first-order valence-corrected chi connectivity index (χ1v) is 35.6. The third-order valence-electron chi connectivity index (χ3n) is 17.1. The number of carbonyl (C=O) groups is 4. The molecule has 8 aliphatic rings. The molecule has 4 aromatic rings. The summed E-state index contributed by atoms with van der Waals surface area (Å²) >= 11 is 0. The van der Waals surface area contributed by atoms with Gasteiger partial charge in [-0.3, -0.25) is 19.2 Å². The van der Waals surface area contributed by atoms with Crippen LogP contribution in [0, 0.1) is 35.5 Å². The van der Waals surface area contributed by atoms with Crippen molar-refractivity contribution in [2.45, 2.75) is 200 Å². The van der Waals surface area contributed by atoms with Gasteiger partial charge < -0.3 is 45.0 Å². The number of fused-ring (bicyclic) bond motifs is 2. The van der Waals surface area contributed by atoms with Gasteiger partial charge in [0.05, 0.1) is 33.6 Å². The number of halogens is 1. The third-order valence-corrected chi connectivity index (χ3v) is 22.2. The second-order valence-electron chi connectivity index (χ2n) is 27.9. The van der Waals surface area contributed by atoms with Gasteiger partial charge in [-0.25, -0.2) is 16.8 Å². The van der Waals surface area contributed by atoms with Crippen molar-refractivity contribution in [3.05, 3.63) is 119 Å². The Labute approximate surface area is 550 Å². The zero-order chi connectivity index (χ0) is 62.1. The summed E-state index contributed by atoms with van der Waals surface area (Å²) in [4.78, 5) is 52.3. The van der Waals surface area contributed by atoms with Crippen molar-refractivity contribution in [3.63, 3.8) is 0 Å². The van der Waals surface area contributed by atoms with E-state index in [4.69, 9.17) is 18.9 Å². The number of benzene rings is 4. The van der Waals surface area contributed by atoms with Crippen LogP contribution in [0.1, 0.15) is 157 Å². The van der Waals surface area contributed by atoms with Crippen molar-refractivity contribution < 1.29 is 111 Å². The molecular weight excluding hydrogens is 1250 g/mol. The predicted octanol–water partition coefficient (Wildman–Crippen LogP) is 5.51. The van der Waals surface area contributed by atoms with Crippen LogP contribution in [0.5, 0.6) is 0 Å². The van der Waals surface area contributed by atoms with Gasteiger partial charge in [-0.1, -0.05) is 132 Å². The molecule has 0 N–H and O–H groups in total. The summed E-state index contributed by atoms with van der Waals surface area (Å²) < 4.78 is 84.3. The van der Waals surface area contributed by atoms with Crippen LogP contribution in [0.4, 0.5) is 0 Å². The molecular formula is C66H88BrNaO14S4. The Hall–Kier alpha value is -3.24. The SMILES string of the molecule is C[S+](c1ccc(C(C)(C)C)cc1)c1ccc(C(C)(C)C)cc1.C[S+](c1ccc(C(C)(C)C)cc1)c1ccc(C(C)(C)C)cc1.O=C(CS(=O)(=O)[O-])OC1C2CC3CC(C2)C(=O)OC1C3.O=C(CS(=O)(=O)[O-])OC1C2CC3CC(C2)C(=O)OC1C3.[Br-].[Na+]. The molecule has 0 radical (unpaired) electrons. The van der Waals surface area contributed by atoms with E-state index in [1.807, 2.05) is 0 Å². The van der Waals surface area contributed by atoms with E-state index in [1.165, 1.54) is 41.8 Å². The van der Waals surface area contributed by atoms with Crippen molar-refractivity contribution in [2.24, 2.45) is 35.5 Å². The Kier molecular flexibility index (Phi) is 25.1. The van der Waals surface area contributed by atoms with Crippen LogP contribution in [-0.4, -0.2) is 98.3 Å². The summed E-state index contributed by atoms with van der Waals surface area (Å²) in [7, 11) is -9.04. The summed E-state index contributed by atoms with van der Waals surface area (Å²) in [6, 6.07) is 36.6. The predicted molar refractivity (Wildman–Crippen MR) is 327 cm³/mol. The minimum absolute atomic E-state index is 0. The summed E-state index contributed by atoms with van der Waals surface area (Å²) in [6.07, 6.45) is 8.23. The van der Waals surface area contributed by atoms with Gasteiger partial charge in [-0.05, 0) is 156 Å². The molecule has 0 amide bonds. The first kappa shape index (κ1) is 73.5. The van der Waals surface area contributed by atoms with Crippen LogP contribution >= 0.6 is 0 Å². The van der Waals surface area contributed by atoms with Crippen LogP contribution in [0.3, 0.4) is 0 Å². The largest absolute Gasteiger partial charge is 1.00 e. The molecule has 4 aromatic carbocycles. The van der Waals surface area contributed by atoms with Gasteiger partial charge in [0.1, 0.15) is 68.7 Å². The van der Waals surface area contributed by atoms with E-state index in [2.05, 4.69) is 193 Å². The van der Waals surface area contributed by atoms with Crippen molar-refractivity contribution in [1.29, 1.82) is 0 Å². The van der Waals surface area contributed by atoms with Crippen LogP contribution in [0.2, 0.25) is 0 Å². The molecule has 86 heavy (non-hydrogen) atoms. The molecule has 10 unspecified atom stereocenters. The van der Waals surface area contributed by atoms with Crippen LogP contribution in [-0.2, 0) is 102 Å². The number of ether oxygens (including phenoxy) is 4. The van der Waals surface area contributed by atoms with E-state index in [1.54, 1.807) is 0 Å². The zero-order valence-electron chi connectivity index (χ0n) is 52.8. The molecule has 0 spiro atoms. The number of hydrogen-bond acceptors (Lipinski definition) is 14. The molecule has 4 aliphatic heterocycles. The van der Waals surface area contributed by atoms with E-state index in [0.717, 1.165) is 25.7 Å². The fourth-order valence-electron chi connectivity index (χ4n) is 12.4.